The summed E-state index contributed by atoms with van der Waals surface area (Å²) in [6.45, 7) is 4.76. The third kappa shape index (κ3) is 4.05. The van der Waals surface area contributed by atoms with E-state index in [2.05, 4.69) is 30.4 Å². The topological polar surface area (TPSA) is 49.4 Å². The average Bonchev–Trinajstić information content (AvgIpc) is 2.66. The first-order chi connectivity index (χ1) is 12.1. The number of benzene rings is 1. The number of nitrogens with zero attached hydrogens (tertiary/aromatic N) is 1. The number of rotatable bonds is 3. The van der Waals surface area contributed by atoms with Gasteiger partial charge in [0.25, 0.3) is 0 Å². The first-order valence-corrected chi connectivity index (χ1v) is 9.83. The van der Waals surface area contributed by atoms with E-state index in [1.165, 1.54) is 24.0 Å². The molecule has 2 aliphatic rings. The molecule has 1 aliphatic carbocycles. The standard InChI is InChI=1S/C21H30N2O2/c1-3-19-10-6-7-13-23(19)21(25)20(24)22-15(2)17-12-11-16-8-4-5-9-18(16)14-17/h11-12,14-15,19H,3-10,13H2,1-2H3,(H,22,24). The highest BCUT2D eigenvalue weighted by Gasteiger charge is 2.30. The van der Waals surface area contributed by atoms with Gasteiger partial charge in [-0.05, 0) is 75.0 Å². The second-order valence-corrected chi connectivity index (χ2v) is 7.49. The van der Waals surface area contributed by atoms with E-state index in [-0.39, 0.29) is 18.0 Å². The third-order valence-electron chi connectivity index (χ3n) is 5.77. The highest BCUT2D eigenvalue weighted by Crippen LogP contribution is 2.25. The van der Waals surface area contributed by atoms with E-state index in [4.69, 9.17) is 0 Å². The lowest BCUT2D eigenvalue weighted by Crippen LogP contribution is -2.50. The quantitative estimate of drug-likeness (QED) is 0.854. The molecule has 1 saturated heterocycles. The number of hydrogen-bond donors (Lipinski definition) is 1. The molecule has 1 heterocycles. The van der Waals surface area contributed by atoms with Gasteiger partial charge in [-0.3, -0.25) is 9.59 Å². The maximum absolute atomic E-state index is 12.6. The summed E-state index contributed by atoms with van der Waals surface area (Å²) in [7, 11) is 0. The van der Waals surface area contributed by atoms with Crippen LogP contribution in [0.4, 0.5) is 0 Å². The van der Waals surface area contributed by atoms with Crippen LogP contribution in [0, 0.1) is 0 Å². The Morgan fingerprint density at radius 1 is 1.16 bits per heavy atom. The van der Waals surface area contributed by atoms with Crippen LogP contribution in [0.15, 0.2) is 18.2 Å². The smallest absolute Gasteiger partial charge is 0.312 e. The molecule has 0 spiro atoms. The van der Waals surface area contributed by atoms with Crippen molar-refractivity contribution in [2.24, 2.45) is 0 Å². The van der Waals surface area contributed by atoms with Crippen molar-refractivity contribution in [3.05, 3.63) is 34.9 Å². The molecular weight excluding hydrogens is 312 g/mol. The van der Waals surface area contributed by atoms with Crippen molar-refractivity contribution in [1.82, 2.24) is 10.2 Å². The van der Waals surface area contributed by atoms with Gasteiger partial charge < -0.3 is 10.2 Å². The van der Waals surface area contributed by atoms with Crippen LogP contribution in [0.5, 0.6) is 0 Å². The Kier molecular flexibility index (Phi) is 5.77. The number of nitrogens with one attached hydrogen (secondary N) is 1. The number of fused-ring (bicyclic) bond motifs is 1. The zero-order valence-corrected chi connectivity index (χ0v) is 15.5. The Labute approximate surface area is 151 Å². The molecule has 1 N–H and O–H groups in total. The zero-order chi connectivity index (χ0) is 17.8. The fourth-order valence-corrected chi connectivity index (χ4v) is 4.19. The molecule has 1 aromatic carbocycles. The lowest BCUT2D eigenvalue weighted by molar-refractivity contribution is -0.148. The number of carbonyl (C=O) groups excluding carboxylic acids is 2. The largest absolute Gasteiger partial charge is 0.341 e. The van der Waals surface area contributed by atoms with Gasteiger partial charge in [0.05, 0.1) is 6.04 Å². The van der Waals surface area contributed by atoms with Gasteiger partial charge >= 0.3 is 11.8 Å². The van der Waals surface area contributed by atoms with Crippen LogP contribution in [-0.4, -0.2) is 29.3 Å². The molecule has 3 rings (SSSR count). The van der Waals surface area contributed by atoms with Crippen LogP contribution >= 0.6 is 0 Å². The van der Waals surface area contributed by atoms with E-state index in [0.717, 1.165) is 44.1 Å². The summed E-state index contributed by atoms with van der Waals surface area (Å²) in [5.74, 6) is -0.832. The van der Waals surface area contributed by atoms with E-state index in [0.29, 0.717) is 6.54 Å². The minimum Gasteiger partial charge on any atom is -0.341 e. The molecular formula is C21H30N2O2. The first kappa shape index (κ1) is 18.0. The number of hydrogen-bond acceptors (Lipinski definition) is 2. The van der Waals surface area contributed by atoms with Gasteiger partial charge in [0.1, 0.15) is 0 Å². The van der Waals surface area contributed by atoms with Crippen molar-refractivity contribution in [2.45, 2.75) is 77.3 Å². The van der Waals surface area contributed by atoms with Crippen molar-refractivity contribution in [2.75, 3.05) is 6.54 Å². The predicted octanol–water partition coefficient (Wildman–Crippen LogP) is 3.53. The van der Waals surface area contributed by atoms with Gasteiger partial charge in [0, 0.05) is 12.6 Å². The Balaban J connectivity index is 1.64. The van der Waals surface area contributed by atoms with Gasteiger partial charge in [-0.25, -0.2) is 0 Å². The molecule has 2 unspecified atom stereocenters. The number of amides is 2. The molecule has 2 atom stereocenters. The Bertz CT molecular complexity index is 641. The van der Waals surface area contributed by atoms with E-state index in [9.17, 15) is 9.59 Å². The van der Waals surface area contributed by atoms with Gasteiger partial charge in [0.15, 0.2) is 0 Å². The zero-order valence-electron chi connectivity index (χ0n) is 15.5. The van der Waals surface area contributed by atoms with Crippen LogP contribution in [0.3, 0.4) is 0 Å². The van der Waals surface area contributed by atoms with Crippen LogP contribution in [0.25, 0.3) is 0 Å². The van der Waals surface area contributed by atoms with Gasteiger partial charge in [-0.15, -0.1) is 0 Å². The van der Waals surface area contributed by atoms with E-state index >= 15 is 0 Å². The fraction of sp³-hybridized carbons (Fsp3) is 0.619. The second kappa shape index (κ2) is 8.03. The molecule has 1 fully saturated rings. The molecule has 0 aromatic heterocycles. The van der Waals surface area contributed by atoms with Crippen molar-refractivity contribution in [3.8, 4) is 0 Å². The molecule has 136 valence electrons. The average molecular weight is 342 g/mol. The minimum atomic E-state index is -0.467. The molecule has 1 aliphatic heterocycles. The Morgan fingerprint density at radius 2 is 1.92 bits per heavy atom. The Morgan fingerprint density at radius 3 is 2.68 bits per heavy atom. The molecule has 0 radical (unpaired) electrons. The minimum absolute atomic E-state index is 0.145. The van der Waals surface area contributed by atoms with E-state index in [1.807, 2.05) is 6.92 Å². The third-order valence-corrected chi connectivity index (χ3v) is 5.77. The molecule has 0 bridgehead atoms. The molecule has 1 aromatic rings. The monoisotopic (exact) mass is 342 g/mol. The van der Waals surface area contributed by atoms with Gasteiger partial charge in [-0.1, -0.05) is 25.1 Å². The SMILES string of the molecule is CCC1CCCCN1C(=O)C(=O)NC(C)c1ccc2c(c1)CCCC2. The predicted molar refractivity (Wildman–Crippen MR) is 99.3 cm³/mol. The molecule has 4 heteroatoms. The van der Waals surface area contributed by atoms with Crippen LogP contribution in [0.2, 0.25) is 0 Å². The summed E-state index contributed by atoms with van der Waals surface area (Å²) in [5, 5.41) is 2.91. The van der Waals surface area contributed by atoms with Crippen molar-refractivity contribution < 1.29 is 9.59 Å². The van der Waals surface area contributed by atoms with Crippen molar-refractivity contribution >= 4 is 11.8 Å². The summed E-state index contributed by atoms with van der Waals surface area (Å²) in [6, 6.07) is 6.56. The lowest BCUT2D eigenvalue weighted by Gasteiger charge is -2.34. The van der Waals surface area contributed by atoms with Crippen molar-refractivity contribution in [1.29, 1.82) is 0 Å². The summed E-state index contributed by atoms with van der Waals surface area (Å²) < 4.78 is 0. The normalized spacial score (nSPS) is 21.4. The Hall–Kier alpha value is -1.84. The second-order valence-electron chi connectivity index (χ2n) is 7.49. The summed E-state index contributed by atoms with van der Waals surface area (Å²) in [5.41, 5.74) is 3.93. The number of aryl methyl sites for hydroxylation is 2. The highest BCUT2D eigenvalue weighted by atomic mass is 16.2. The molecule has 25 heavy (non-hydrogen) atoms. The molecule has 4 nitrogen and oxygen atoms in total. The van der Waals surface area contributed by atoms with Crippen LogP contribution in [-0.2, 0) is 22.4 Å². The highest BCUT2D eigenvalue weighted by molar-refractivity contribution is 6.35. The number of carbonyl (C=O) groups is 2. The van der Waals surface area contributed by atoms with Gasteiger partial charge in [-0.2, -0.15) is 0 Å². The maximum atomic E-state index is 12.6. The molecule has 2 amide bonds. The fourth-order valence-electron chi connectivity index (χ4n) is 4.19. The summed E-state index contributed by atoms with van der Waals surface area (Å²) >= 11 is 0. The maximum Gasteiger partial charge on any atom is 0.312 e. The summed E-state index contributed by atoms with van der Waals surface area (Å²) in [6.07, 6.45) is 8.85. The van der Waals surface area contributed by atoms with Crippen LogP contribution < -0.4 is 5.32 Å². The van der Waals surface area contributed by atoms with Gasteiger partial charge in [0.2, 0.25) is 0 Å². The van der Waals surface area contributed by atoms with E-state index in [1.54, 1.807) is 4.90 Å². The van der Waals surface area contributed by atoms with Crippen LogP contribution in [0.1, 0.15) is 75.1 Å². The van der Waals surface area contributed by atoms with Crippen molar-refractivity contribution in [3.63, 3.8) is 0 Å². The lowest BCUT2D eigenvalue weighted by atomic mass is 9.89. The number of likely N-dealkylation sites (tertiary alicyclic amines) is 1. The number of piperidine rings is 1. The first-order valence-electron chi connectivity index (χ1n) is 9.83. The van der Waals surface area contributed by atoms with E-state index < -0.39 is 5.91 Å². The molecule has 0 saturated carbocycles. The summed E-state index contributed by atoms with van der Waals surface area (Å²) in [4.78, 5) is 26.8.